The molecule has 0 atom stereocenters. The molecule has 2 N–H and O–H groups in total. The van der Waals surface area contributed by atoms with Gasteiger partial charge in [0.1, 0.15) is 5.82 Å². The third kappa shape index (κ3) is 4.36. The number of hydrogen-bond acceptors (Lipinski definition) is 4. The Morgan fingerprint density at radius 2 is 2.12 bits per heavy atom. The van der Waals surface area contributed by atoms with Crippen LogP contribution in [-0.4, -0.2) is 39.5 Å². The number of imidazole rings is 1. The van der Waals surface area contributed by atoms with E-state index in [2.05, 4.69) is 39.5 Å². The smallest absolute Gasteiger partial charge is 0.317 e. The Morgan fingerprint density at radius 3 is 2.84 bits per heavy atom. The molecule has 0 spiro atoms. The van der Waals surface area contributed by atoms with E-state index in [1.54, 1.807) is 23.3 Å². The first kappa shape index (κ1) is 17.4. The van der Waals surface area contributed by atoms with Crippen molar-refractivity contribution < 1.29 is 4.79 Å². The highest BCUT2D eigenvalue weighted by Crippen LogP contribution is 2.19. The molecule has 0 radical (unpaired) electrons. The summed E-state index contributed by atoms with van der Waals surface area (Å²) in [5.74, 6) is 1.23. The summed E-state index contributed by atoms with van der Waals surface area (Å²) in [5.41, 5.74) is 2.93. The summed E-state index contributed by atoms with van der Waals surface area (Å²) < 4.78 is 0. The van der Waals surface area contributed by atoms with Crippen molar-refractivity contribution in [2.45, 2.75) is 32.7 Å². The minimum Gasteiger partial charge on any atom is -0.340 e. The first-order chi connectivity index (χ1) is 12.0. The van der Waals surface area contributed by atoms with Gasteiger partial charge in [0.25, 0.3) is 0 Å². The van der Waals surface area contributed by atoms with Crippen LogP contribution in [0.4, 0.5) is 4.79 Å². The van der Waals surface area contributed by atoms with E-state index in [1.165, 1.54) is 0 Å². The van der Waals surface area contributed by atoms with Gasteiger partial charge < -0.3 is 15.2 Å². The van der Waals surface area contributed by atoms with Gasteiger partial charge in [0.15, 0.2) is 0 Å². The topological polar surface area (TPSA) is 73.9 Å². The van der Waals surface area contributed by atoms with Gasteiger partial charge in [-0.3, -0.25) is 0 Å². The Bertz CT molecular complexity index is 821. The Labute approximate surface area is 151 Å². The molecule has 0 unspecified atom stereocenters. The van der Waals surface area contributed by atoms with E-state index in [0.29, 0.717) is 19.0 Å². The van der Waals surface area contributed by atoms with Crippen LogP contribution in [0.1, 0.15) is 36.3 Å². The van der Waals surface area contributed by atoms with Crippen molar-refractivity contribution in [2.75, 3.05) is 13.6 Å². The van der Waals surface area contributed by atoms with Crippen molar-refractivity contribution in [3.63, 3.8) is 0 Å². The van der Waals surface area contributed by atoms with E-state index in [-0.39, 0.29) is 6.03 Å². The normalized spacial score (nSPS) is 11.2. The molecule has 3 aromatic rings. The van der Waals surface area contributed by atoms with Gasteiger partial charge in [-0.2, -0.15) is 0 Å². The van der Waals surface area contributed by atoms with Crippen molar-refractivity contribution in [1.29, 1.82) is 0 Å². The number of aromatic nitrogens is 3. The van der Waals surface area contributed by atoms with Gasteiger partial charge >= 0.3 is 6.03 Å². The number of para-hydroxylation sites is 2. The molecule has 0 bridgehead atoms. The summed E-state index contributed by atoms with van der Waals surface area (Å²) in [7, 11) is 1.77. The molecule has 2 amide bonds. The number of hydrogen-bond donors (Lipinski definition) is 2. The fraction of sp³-hybridized carbons (Fsp3) is 0.389. The zero-order valence-electron chi connectivity index (χ0n) is 14.7. The molecule has 25 heavy (non-hydrogen) atoms. The average molecular weight is 357 g/mol. The molecule has 7 heteroatoms. The number of aromatic amines is 1. The second-order valence-electron chi connectivity index (χ2n) is 6.37. The maximum absolute atomic E-state index is 12.2. The minimum atomic E-state index is -0.111. The van der Waals surface area contributed by atoms with Crippen LogP contribution in [0.3, 0.4) is 0 Å². The summed E-state index contributed by atoms with van der Waals surface area (Å²) in [4.78, 5) is 26.2. The van der Waals surface area contributed by atoms with Crippen LogP contribution in [0.2, 0.25) is 0 Å². The average Bonchev–Trinajstić information content (AvgIpc) is 3.20. The summed E-state index contributed by atoms with van der Waals surface area (Å²) in [6, 6.07) is 7.73. The SMILES string of the molecule is CC(C)c1nc(CCNC(=O)N(C)Cc2nc3ccccc3[nH]2)cs1. The Balaban J connectivity index is 1.48. The van der Waals surface area contributed by atoms with E-state index in [4.69, 9.17) is 0 Å². The molecule has 0 saturated carbocycles. The molecule has 0 aliphatic heterocycles. The van der Waals surface area contributed by atoms with Crippen molar-refractivity contribution >= 4 is 28.4 Å². The van der Waals surface area contributed by atoms with E-state index >= 15 is 0 Å². The third-order valence-electron chi connectivity index (χ3n) is 3.89. The van der Waals surface area contributed by atoms with E-state index in [1.807, 2.05) is 24.3 Å². The molecule has 2 heterocycles. The number of carbonyl (C=O) groups is 1. The Hall–Kier alpha value is -2.41. The maximum Gasteiger partial charge on any atom is 0.317 e. The van der Waals surface area contributed by atoms with Gasteiger partial charge in [0.05, 0.1) is 28.3 Å². The van der Waals surface area contributed by atoms with Crippen LogP contribution < -0.4 is 5.32 Å². The Kier molecular flexibility index (Phi) is 5.33. The summed E-state index contributed by atoms with van der Waals surface area (Å²) in [6.45, 7) is 5.29. The van der Waals surface area contributed by atoms with E-state index < -0.39 is 0 Å². The van der Waals surface area contributed by atoms with Gasteiger partial charge in [-0.1, -0.05) is 26.0 Å². The van der Waals surface area contributed by atoms with Crippen molar-refractivity contribution in [3.8, 4) is 0 Å². The number of H-pyrrole nitrogens is 1. The van der Waals surface area contributed by atoms with Gasteiger partial charge in [-0.05, 0) is 12.1 Å². The molecule has 0 aliphatic carbocycles. The zero-order chi connectivity index (χ0) is 17.8. The van der Waals surface area contributed by atoms with Gasteiger partial charge in [0.2, 0.25) is 0 Å². The number of urea groups is 1. The highest BCUT2D eigenvalue weighted by Gasteiger charge is 2.12. The van der Waals surface area contributed by atoms with Crippen molar-refractivity contribution in [3.05, 3.63) is 46.2 Å². The summed E-state index contributed by atoms with van der Waals surface area (Å²) in [6.07, 6.45) is 0.743. The highest BCUT2D eigenvalue weighted by molar-refractivity contribution is 7.09. The number of fused-ring (bicyclic) bond motifs is 1. The molecule has 0 saturated heterocycles. The molecule has 6 nitrogen and oxygen atoms in total. The molecular formula is C18H23N5OS. The van der Waals surface area contributed by atoms with Crippen molar-refractivity contribution in [2.24, 2.45) is 0 Å². The van der Waals surface area contributed by atoms with Gasteiger partial charge in [-0.25, -0.2) is 14.8 Å². The van der Waals surface area contributed by atoms with E-state index in [9.17, 15) is 4.79 Å². The first-order valence-corrected chi connectivity index (χ1v) is 9.28. The zero-order valence-corrected chi connectivity index (χ0v) is 15.6. The van der Waals surface area contributed by atoms with Crippen LogP contribution in [0.5, 0.6) is 0 Å². The number of rotatable bonds is 6. The lowest BCUT2D eigenvalue weighted by Crippen LogP contribution is -2.38. The lowest BCUT2D eigenvalue weighted by atomic mass is 10.2. The number of carbonyl (C=O) groups excluding carboxylic acids is 1. The van der Waals surface area contributed by atoms with Crippen LogP contribution >= 0.6 is 11.3 Å². The molecule has 0 fully saturated rings. The lowest BCUT2D eigenvalue weighted by Gasteiger charge is -2.16. The van der Waals surface area contributed by atoms with Crippen LogP contribution in [0.15, 0.2) is 29.6 Å². The number of nitrogens with zero attached hydrogens (tertiary/aromatic N) is 3. The molecule has 132 valence electrons. The van der Waals surface area contributed by atoms with Crippen LogP contribution in [0.25, 0.3) is 11.0 Å². The maximum atomic E-state index is 12.2. The number of amides is 2. The predicted octanol–water partition coefficient (Wildman–Crippen LogP) is 3.53. The molecular weight excluding hydrogens is 334 g/mol. The Morgan fingerprint density at radius 1 is 1.32 bits per heavy atom. The van der Waals surface area contributed by atoms with Crippen LogP contribution in [0, 0.1) is 0 Å². The quantitative estimate of drug-likeness (QED) is 0.709. The number of nitrogens with one attached hydrogen (secondary N) is 2. The molecule has 3 rings (SSSR count). The minimum absolute atomic E-state index is 0.111. The first-order valence-electron chi connectivity index (χ1n) is 8.40. The van der Waals surface area contributed by atoms with Crippen LogP contribution in [-0.2, 0) is 13.0 Å². The number of thiazole rings is 1. The highest BCUT2D eigenvalue weighted by atomic mass is 32.1. The van der Waals surface area contributed by atoms with Gasteiger partial charge in [-0.15, -0.1) is 11.3 Å². The number of benzene rings is 1. The fourth-order valence-corrected chi connectivity index (χ4v) is 3.38. The molecule has 2 aromatic heterocycles. The monoisotopic (exact) mass is 357 g/mol. The van der Waals surface area contributed by atoms with E-state index in [0.717, 1.165) is 34.0 Å². The van der Waals surface area contributed by atoms with Gasteiger partial charge in [0, 0.05) is 31.3 Å². The largest absolute Gasteiger partial charge is 0.340 e. The third-order valence-corrected chi connectivity index (χ3v) is 5.09. The summed E-state index contributed by atoms with van der Waals surface area (Å²) >= 11 is 1.68. The molecule has 0 aliphatic rings. The molecule has 1 aromatic carbocycles. The van der Waals surface area contributed by atoms with Crippen molar-refractivity contribution in [1.82, 2.24) is 25.2 Å². The second kappa shape index (κ2) is 7.65. The predicted molar refractivity (Wildman–Crippen MR) is 101 cm³/mol. The second-order valence-corrected chi connectivity index (χ2v) is 7.26. The lowest BCUT2D eigenvalue weighted by molar-refractivity contribution is 0.206. The standard InChI is InChI=1S/C18H23N5OS/c1-12(2)17-20-13(11-25-17)8-9-19-18(24)23(3)10-16-21-14-6-4-5-7-15(14)22-16/h4-7,11-12H,8-10H2,1-3H3,(H,19,24)(H,21,22). The fourth-order valence-electron chi connectivity index (χ4n) is 2.51. The summed E-state index contributed by atoms with van der Waals surface area (Å²) in [5, 5.41) is 6.14.